The van der Waals surface area contributed by atoms with Gasteiger partial charge >= 0.3 is 12.0 Å². The molecular formula is C18H9F3N4O7. The van der Waals surface area contributed by atoms with E-state index in [2.05, 4.69) is 10.3 Å². The third-order valence-corrected chi connectivity index (χ3v) is 4.43. The molecule has 3 aromatic rings. The molecule has 1 atom stereocenters. The van der Waals surface area contributed by atoms with Crippen LogP contribution in [0.4, 0.5) is 24.5 Å². The minimum Gasteiger partial charge on any atom is -0.418 e. The average Bonchev–Trinajstić information content (AvgIpc) is 3.42. The Kier molecular flexibility index (Phi) is 4.76. The molecule has 0 spiro atoms. The van der Waals surface area contributed by atoms with Gasteiger partial charge in [-0.25, -0.2) is 0 Å². The molecule has 1 aromatic heterocycles. The van der Waals surface area contributed by atoms with Crippen LogP contribution in [0.25, 0.3) is 11.3 Å². The largest absolute Gasteiger partial charge is 0.475 e. The number of benzene rings is 2. The van der Waals surface area contributed by atoms with Gasteiger partial charge in [0, 0.05) is 35.4 Å². The lowest BCUT2D eigenvalue weighted by atomic mass is 10.0. The molecule has 0 N–H and O–H groups in total. The highest BCUT2D eigenvalue weighted by atomic mass is 19.4. The molecule has 1 aliphatic heterocycles. The van der Waals surface area contributed by atoms with E-state index in [4.69, 9.17) is 14.1 Å². The predicted molar refractivity (Wildman–Crippen MR) is 98.1 cm³/mol. The van der Waals surface area contributed by atoms with E-state index in [1.54, 1.807) is 0 Å². The number of aromatic nitrogens is 1. The summed E-state index contributed by atoms with van der Waals surface area (Å²) < 4.78 is 52.3. The Morgan fingerprint density at radius 2 is 1.53 bits per heavy atom. The standard InChI is InChI=1S/C18H9F3N4O7/c19-18(20,21)17(31-16(23-32-17)11-4-2-6-13(8-11)25(28)29)14-9-30-22-15(14)10-3-1-5-12(7-10)24(26)27/h1-9H. The number of nitrogens with zero attached hydrogens (tertiary/aromatic N) is 4. The number of nitro groups is 2. The SMILES string of the molecule is O=[N+]([O-])c1cccc(C2=NOC(c3conc3-c3cccc([N+](=O)[O-])c3)(C(F)(F)F)O2)c1. The van der Waals surface area contributed by atoms with E-state index in [9.17, 15) is 33.4 Å². The molecule has 0 fully saturated rings. The van der Waals surface area contributed by atoms with Crippen molar-refractivity contribution < 1.29 is 37.1 Å². The lowest BCUT2D eigenvalue weighted by Crippen LogP contribution is -2.44. The number of alkyl halides is 3. The normalized spacial score (nSPS) is 17.9. The molecule has 0 amide bonds. The second-order valence-electron chi connectivity index (χ2n) is 6.40. The van der Waals surface area contributed by atoms with Gasteiger partial charge in [-0.3, -0.25) is 20.2 Å². The number of ether oxygens (including phenoxy) is 1. The van der Waals surface area contributed by atoms with Crippen LogP contribution < -0.4 is 0 Å². The van der Waals surface area contributed by atoms with E-state index in [0.717, 1.165) is 24.3 Å². The monoisotopic (exact) mass is 450 g/mol. The molecule has 11 nitrogen and oxygen atoms in total. The van der Waals surface area contributed by atoms with Crippen molar-refractivity contribution >= 4 is 17.3 Å². The summed E-state index contributed by atoms with van der Waals surface area (Å²) in [5, 5.41) is 28.9. The first kappa shape index (κ1) is 20.8. The van der Waals surface area contributed by atoms with Gasteiger partial charge in [0.2, 0.25) is 0 Å². The van der Waals surface area contributed by atoms with Crippen molar-refractivity contribution in [3.63, 3.8) is 0 Å². The van der Waals surface area contributed by atoms with Crippen LogP contribution in [0.2, 0.25) is 0 Å². The molecule has 0 radical (unpaired) electrons. The van der Waals surface area contributed by atoms with Gasteiger partial charge in [-0.2, -0.15) is 13.2 Å². The van der Waals surface area contributed by atoms with E-state index in [1.807, 2.05) is 0 Å². The van der Waals surface area contributed by atoms with Gasteiger partial charge in [-0.1, -0.05) is 23.4 Å². The number of non-ortho nitro benzene ring substituents is 2. The van der Waals surface area contributed by atoms with Crippen molar-refractivity contribution in [3.8, 4) is 11.3 Å². The molecule has 32 heavy (non-hydrogen) atoms. The highest BCUT2D eigenvalue weighted by Crippen LogP contribution is 2.49. The maximum absolute atomic E-state index is 14.2. The summed E-state index contributed by atoms with van der Waals surface area (Å²) in [4.78, 5) is 25.2. The molecule has 0 bridgehead atoms. The van der Waals surface area contributed by atoms with Crippen LogP contribution in [0.5, 0.6) is 0 Å². The lowest BCUT2D eigenvalue weighted by Gasteiger charge is -2.27. The zero-order valence-electron chi connectivity index (χ0n) is 15.5. The zero-order valence-corrected chi connectivity index (χ0v) is 15.5. The Labute approximate surface area is 174 Å². The molecule has 14 heteroatoms. The highest BCUT2D eigenvalue weighted by Gasteiger charge is 2.67. The summed E-state index contributed by atoms with van der Waals surface area (Å²) in [6.45, 7) is 0. The summed E-state index contributed by atoms with van der Waals surface area (Å²) in [5.41, 5.74) is -2.18. The Bertz CT molecular complexity index is 1260. The van der Waals surface area contributed by atoms with Crippen molar-refractivity contribution in [2.45, 2.75) is 12.0 Å². The van der Waals surface area contributed by atoms with Gasteiger partial charge < -0.3 is 14.1 Å². The molecule has 0 aliphatic carbocycles. The minimum atomic E-state index is -5.22. The first-order valence-electron chi connectivity index (χ1n) is 8.59. The summed E-state index contributed by atoms with van der Waals surface area (Å²) in [6.07, 6.45) is -4.60. The number of oxime groups is 1. The zero-order chi connectivity index (χ0) is 23.1. The molecule has 2 heterocycles. The van der Waals surface area contributed by atoms with Gasteiger partial charge in [0.25, 0.3) is 17.3 Å². The Balaban J connectivity index is 1.78. The van der Waals surface area contributed by atoms with Gasteiger partial charge in [0.1, 0.15) is 17.5 Å². The number of nitro benzene ring substituents is 2. The van der Waals surface area contributed by atoms with Gasteiger partial charge in [0.15, 0.2) is 0 Å². The van der Waals surface area contributed by atoms with E-state index >= 15 is 0 Å². The quantitative estimate of drug-likeness (QED) is 0.414. The Morgan fingerprint density at radius 3 is 2.12 bits per heavy atom. The van der Waals surface area contributed by atoms with Gasteiger partial charge in [-0.15, -0.1) is 0 Å². The highest BCUT2D eigenvalue weighted by molar-refractivity contribution is 5.95. The van der Waals surface area contributed by atoms with Crippen LogP contribution in [0.3, 0.4) is 0 Å². The van der Waals surface area contributed by atoms with Gasteiger partial charge in [0.05, 0.1) is 9.85 Å². The Morgan fingerprint density at radius 1 is 0.938 bits per heavy atom. The third kappa shape index (κ3) is 3.36. The number of rotatable bonds is 5. The van der Waals surface area contributed by atoms with E-state index < -0.39 is 44.7 Å². The van der Waals surface area contributed by atoms with Crippen molar-refractivity contribution in [1.29, 1.82) is 0 Å². The second kappa shape index (κ2) is 7.33. The summed E-state index contributed by atoms with van der Waals surface area (Å²) >= 11 is 0. The summed E-state index contributed by atoms with van der Waals surface area (Å²) in [7, 11) is 0. The van der Waals surface area contributed by atoms with E-state index in [-0.39, 0.29) is 16.8 Å². The van der Waals surface area contributed by atoms with Crippen LogP contribution in [0.1, 0.15) is 11.1 Å². The maximum Gasteiger partial charge on any atom is 0.475 e. The molecule has 1 aliphatic rings. The molecular weight excluding hydrogens is 441 g/mol. The third-order valence-electron chi connectivity index (χ3n) is 4.43. The molecule has 0 saturated carbocycles. The average molecular weight is 450 g/mol. The fourth-order valence-electron chi connectivity index (χ4n) is 2.95. The van der Waals surface area contributed by atoms with E-state index in [1.165, 1.54) is 24.3 Å². The topological polar surface area (TPSA) is 143 Å². The van der Waals surface area contributed by atoms with Crippen molar-refractivity contribution in [1.82, 2.24) is 5.16 Å². The molecule has 1 unspecified atom stereocenters. The summed E-state index contributed by atoms with van der Waals surface area (Å²) in [5.74, 6) is -4.18. The lowest BCUT2D eigenvalue weighted by molar-refractivity contribution is -0.385. The van der Waals surface area contributed by atoms with Crippen molar-refractivity contribution in [2.75, 3.05) is 0 Å². The fourth-order valence-corrected chi connectivity index (χ4v) is 2.95. The molecule has 4 rings (SSSR count). The van der Waals surface area contributed by atoms with Crippen LogP contribution >= 0.6 is 0 Å². The number of halogens is 3. The first-order chi connectivity index (χ1) is 15.1. The Hall–Kier alpha value is -4.49. The molecule has 2 aromatic carbocycles. The fraction of sp³-hybridized carbons (Fsp3) is 0.111. The predicted octanol–water partition coefficient (Wildman–Crippen LogP) is 4.28. The first-order valence-corrected chi connectivity index (χ1v) is 8.59. The van der Waals surface area contributed by atoms with Gasteiger partial charge in [-0.05, 0) is 11.2 Å². The van der Waals surface area contributed by atoms with Crippen LogP contribution in [-0.4, -0.2) is 27.1 Å². The smallest absolute Gasteiger partial charge is 0.418 e. The van der Waals surface area contributed by atoms with Crippen molar-refractivity contribution in [2.24, 2.45) is 5.16 Å². The number of hydrogen-bond donors (Lipinski definition) is 0. The van der Waals surface area contributed by atoms with Crippen LogP contribution in [0.15, 0.2) is 64.5 Å². The van der Waals surface area contributed by atoms with Crippen molar-refractivity contribution in [3.05, 3.63) is 86.1 Å². The molecule has 164 valence electrons. The minimum absolute atomic E-state index is 0.0671. The summed E-state index contributed by atoms with van der Waals surface area (Å²) in [6, 6.07) is 9.28. The second-order valence-corrected chi connectivity index (χ2v) is 6.40. The molecule has 0 saturated heterocycles. The number of hydrogen-bond acceptors (Lipinski definition) is 9. The van der Waals surface area contributed by atoms with Crippen LogP contribution in [-0.2, 0) is 15.4 Å². The van der Waals surface area contributed by atoms with E-state index in [0.29, 0.717) is 6.26 Å². The van der Waals surface area contributed by atoms with Crippen LogP contribution in [0, 0.1) is 20.2 Å². The maximum atomic E-state index is 14.2.